The van der Waals surface area contributed by atoms with Gasteiger partial charge < -0.3 is 10.6 Å². The van der Waals surface area contributed by atoms with Gasteiger partial charge in [0.2, 0.25) is 0 Å². The van der Waals surface area contributed by atoms with Gasteiger partial charge in [-0.25, -0.2) is 4.98 Å². The van der Waals surface area contributed by atoms with Gasteiger partial charge in [-0.05, 0) is 24.3 Å². The molecule has 94 valence electrons. The molecule has 0 bridgehead atoms. The van der Waals surface area contributed by atoms with Crippen LogP contribution in [0.3, 0.4) is 0 Å². The number of hydrogen-bond acceptors (Lipinski definition) is 4. The van der Waals surface area contributed by atoms with Gasteiger partial charge >= 0.3 is 0 Å². The number of aromatic amines is 1. The van der Waals surface area contributed by atoms with Crippen molar-refractivity contribution in [3.63, 3.8) is 0 Å². The van der Waals surface area contributed by atoms with Gasteiger partial charge in [-0.2, -0.15) is 5.10 Å². The van der Waals surface area contributed by atoms with Crippen LogP contribution in [0.1, 0.15) is 16.2 Å². The third-order valence-electron chi connectivity index (χ3n) is 2.55. The molecule has 2 rings (SSSR count). The lowest BCUT2D eigenvalue weighted by molar-refractivity contribution is 0.0954. The minimum atomic E-state index is -0.0860. The fraction of sp³-hybridized carbons (Fsp3) is 0.250. The number of rotatable bonds is 5. The lowest BCUT2D eigenvalue weighted by Gasteiger charge is -2.05. The molecule has 2 aromatic rings. The van der Waals surface area contributed by atoms with E-state index in [9.17, 15) is 4.79 Å². The third-order valence-corrected chi connectivity index (χ3v) is 2.55. The van der Waals surface area contributed by atoms with Crippen LogP contribution in [0.5, 0.6) is 0 Å². The summed E-state index contributed by atoms with van der Waals surface area (Å²) in [6.45, 7) is 0.530. The highest BCUT2D eigenvalue weighted by Gasteiger charge is 2.04. The molecule has 18 heavy (non-hydrogen) atoms. The zero-order chi connectivity index (χ0) is 12.8. The molecule has 6 nitrogen and oxygen atoms in total. The van der Waals surface area contributed by atoms with Crippen molar-refractivity contribution in [2.24, 2.45) is 0 Å². The summed E-state index contributed by atoms with van der Waals surface area (Å²) in [6.07, 6.45) is 2.09. The highest BCUT2D eigenvalue weighted by atomic mass is 16.1. The third kappa shape index (κ3) is 3.07. The number of carbonyl (C=O) groups is 1. The monoisotopic (exact) mass is 245 g/mol. The average Bonchev–Trinajstić information content (AvgIpc) is 2.92. The first-order valence-electron chi connectivity index (χ1n) is 5.70. The summed E-state index contributed by atoms with van der Waals surface area (Å²) in [4.78, 5) is 15.8. The summed E-state index contributed by atoms with van der Waals surface area (Å²) in [5, 5.41) is 12.3. The van der Waals surface area contributed by atoms with E-state index in [-0.39, 0.29) is 5.91 Å². The van der Waals surface area contributed by atoms with Crippen LogP contribution in [0, 0.1) is 0 Å². The molecule has 1 heterocycles. The zero-order valence-corrected chi connectivity index (χ0v) is 10.1. The highest BCUT2D eigenvalue weighted by Crippen LogP contribution is 2.08. The molecule has 0 atom stereocenters. The van der Waals surface area contributed by atoms with Crippen molar-refractivity contribution in [1.29, 1.82) is 0 Å². The molecule has 6 heteroatoms. The van der Waals surface area contributed by atoms with Gasteiger partial charge in [0, 0.05) is 31.3 Å². The SMILES string of the molecule is CNc1ccc(C(=O)NCCc2ncn[nH]2)cc1. The number of nitrogens with one attached hydrogen (secondary N) is 3. The predicted molar refractivity (Wildman–Crippen MR) is 68.4 cm³/mol. The maximum absolute atomic E-state index is 11.8. The van der Waals surface area contributed by atoms with Gasteiger partial charge in [0.1, 0.15) is 12.2 Å². The van der Waals surface area contributed by atoms with Gasteiger partial charge in [0.15, 0.2) is 0 Å². The normalized spacial score (nSPS) is 10.1. The molecular formula is C12H15N5O. The molecule has 0 radical (unpaired) electrons. The topological polar surface area (TPSA) is 82.7 Å². The molecule has 3 N–H and O–H groups in total. The van der Waals surface area contributed by atoms with Gasteiger partial charge in [-0.3, -0.25) is 9.89 Å². The van der Waals surface area contributed by atoms with Crippen LogP contribution < -0.4 is 10.6 Å². The Morgan fingerprint density at radius 3 is 2.72 bits per heavy atom. The average molecular weight is 245 g/mol. The van der Waals surface area contributed by atoms with E-state index >= 15 is 0 Å². The van der Waals surface area contributed by atoms with Crippen LogP contribution in [0.25, 0.3) is 0 Å². The Labute approximate surface area is 105 Å². The number of nitrogens with zero attached hydrogens (tertiary/aromatic N) is 2. The summed E-state index contributed by atoms with van der Waals surface area (Å²) in [7, 11) is 1.84. The van der Waals surface area contributed by atoms with Crippen molar-refractivity contribution in [2.45, 2.75) is 6.42 Å². The van der Waals surface area contributed by atoms with Crippen molar-refractivity contribution in [2.75, 3.05) is 18.9 Å². The quantitative estimate of drug-likeness (QED) is 0.728. The minimum absolute atomic E-state index is 0.0860. The van der Waals surface area contributed by atoms with Crippen LogP contribution in [0.2, 0.25) is 0 Å². The van der Waals surface area contributed by atoms with E-state index in [2.05, 4.69) is 25.8 Å². The molecule has 0 spiro atoms. The second kappa shape index (κ2) is 5.81. The first-order chi connectivity index (χ1) is 8.79. The maximum Gasteiger partial charge on any atom is 0.251 e. The number of benzene rings is 1. The minimum Gasteiger partial charge on any atom is -0.388 e. The molecule has 1 aromatic carbocycles. The van der Waals surface area contributed by atoms with E-state index in [1.165, 1.54) is 6.33 Å². The smallest absolute Gasteiger partial charge is 0.251 e. The van der Waals surface area contributed by atoms with E-state index < -0.39 is 0 Å². The van der Waals surface area contributed by atoms with Crippen molar-refractivity contribution < 1.29 is 4.79 Å². The molecule has 1 amide bonds. The van der Waals surface area contributed by atoms with Gasteiger partial charge in [0.05, 0.1) is 0 Å². The molecule has 0 fully saturated rings. The Kier molecular flexibility index (Phi) is 3.90. The van der Waals surface area contributed by atoms with Crippen LogP contribution in [0.4, 0.5) is 5.69 Å². The zero-order valence-electron chi connectivity index (χ0n) is 10.1. The molecule has 0 aliphatic carbocycles. The van der Waals surface area contributed by atoms with Gasteiger partial charge in [-0.1, -0.05) is 0 Å². The Balaban J connectivity index is 1.83. The Morgan fingerprint density at radius 1 is 1.33 bits per heavy atom. The van der Waals surface area contributed by atoms with E-state index in [4.69, 9.17) is 0 Å². The molecule has 1 aromatic heterocycles. The standard InChI is InChI=1S/C12H15N5O/c1-13-10-4-2-9(3-5-10)12(18)14-7-6-11-15-8-16-17-11/h2-5,8,13H,6-7H2,1H3,(H,14,18)(H,15,16,17). The van der Waals surface area contributed by atoms with Crippen molar-refractivity contribution >= 4 is 11.6 Å². The van der Waals surface area contributed by atoms with Crippen LogP contribution >= 0.6 is 0 Å². The van der Waals surface area contributed by atoms with Crippen molar-refractivity contribution in [3.05, 3.63) is 42.0 Å². The lowest BCUT2D eigenvalue weighted by Crippen LogP contribution is -2.25. The largest absolute Gasteiger partial charge is 0.388 e. The van der Waals surface area contributed by atoms with Crippen molar-refractivity contribution in [3.8, 4) is 0 Å². The van der Waals surface area contributed by atoms with Gasteiger partial charge in [-0.15, -0.1) is 0 Å². The van der Waals surface area contributed by atoms with Crippen molar-refractivity contribution in [1.82, 2.24) is 20.5 Å². The Morgan fingerprint density at radius 2 is 2.11 bits per heavy atom. The maximum atomic E-state index is 11.8. The number of H-pyrrole nitrogens is 1. The number of anilines is 1. The summed E-state index contributed by atoms with van der Waals surface area (Å²) < 4.78 is 0. The number of amides is 1. The first kappa shape index (κ1) is 12.1. The molecular weight excluding hydrogens is 230 g/mol. The summed E-state index contributed by atoms with van der Waals surface area (Å²) >= 11 is 0. The molecule has 0 saturated heterocycles. The molecule has 0 aliphatic rings. The van der Waals surface area contributed by atoms with Crippen LogP contribution in [-0.4, -0.2) is 34.7 Å². The summed E-state index contributed by atoms with van der Waals surface area (Å²) in [6, 6.07) is 7.31. The number of aromatic nitrogens is 3. The van der Waals surface area contributed by atoms with E-state index in [0.29, 0.717) is 18.5 Å². The first-order valence-corrected chi connectivity index (χ1v) is 5.70. The molecule has 0 aliphatic heterocycles. The molecule has 0 unspecified atom stereocenters. The summed E-state index contributed by atoms with van der Waals surface area (Å²) in [5.74, 6) is 0.679. The lowest BCUT2D eigenvalue weighted by atomic mass is 10.2. The second-order valence-electron chi connectivity index (χ2n) is 3.77. The number of hydrogen-bond donors (Lipinski definition) is 3. The molecule has 0 saturated carbocycles. The van der Waals surface area contributed by atoms with E-state index in [1.54, 1.807) is 12.1 Å². The van der Waals surface area contributed by atoms with Crippen LogP contribution in [0.15, 0.2) is 30.6 Å². The van der Waals surface area contributed by atoms with E-state index in [1.807, 2.05) is 19.2 Å². The Hall–Kier alpha value is -2.37. The fourth-order valence-electron chi connectivity index (χ4n) is 1.54. The Bertz CT molecular complexity index is 492. The fourth-order valence-corrected chi connectivity index (χ4v) is 1.54. The summed E-state index contributed by atoms with van der Waals surface area (Å²) in [5.41, 5.74) is 1.62. The second-order valence-corrected chi connectivity index (χ2v) is 3.77. The highest BCUT2D eigenvalue weighted by molar-refractivity contribution is 5.94. The van der Waals surface area contributed by atoms with Crippen LogP contribution in [-0.2, 0) is 6.42 Å². The predicted octanol–water partition coefficient (Wildman–Crippen LogP) is 0.819. The van der Waals surface area contributed by atoms with Gasteiger partial charge in [0.25, 0.3) is 5.91 Å². The number of carbonyl (C=O) groups excluding carboxylic acids is 1. The van der Waals surface area contributed by atoms with E-state index in [0.717, 1.165) is 11.5 Å².